The number of anilines is 1. The Morgan fingerprint density at radius 3 is 2.41 bits per heavy atom. The number of nitrogens with zero attached hydrogens (tertiary/aromatic N) is 2. The molecular weight excluding hydrogens is 366 g/mol. The number of H-pyrrole nitrogens is 2. The molecule has 146 valence electrons. The van der Waals surface area contributed by atoms with E-state index in [1.807, 2.05) is 43.3 Å². The van der Waals surface area contributed by atoms with Crippen molar-refractivity contribution in [2.24, 2.45) is 0 Å². The molecule has 0 bridgehead atoms. The number of nitrogens with two attached hydrogens (primary N) is 1. The summed E-state index contributed by atoms with van der Waals surface area (Å²) < 4.78 is 0. The minimum Gasteiger partial charge on any atom is -0.369 e. The largest absolute Gasteiger partial charge is 0.369 e. The fourth-order valence-corrected chi connectivity index (χ4v) is 3.46. The first-order valence-corrected chi connectivity index (χ1v) is 9.15. The second-order valence-corrected chi connectivity index (χ2v) is 7.20. The second kappa shape index (κ2) is 6.94. The van der Waals surface area contributed by atoms with E-state index in [1.54, 1.807) is 26.2 Å². The summed E-state index contributed by atoms with van der Waals surface area (Å²) in [5, 5.41) is 0.452. The normalized spacial score (nSPS) is 11.0. The zero-order chi connectivity index (χ0) is 20.7. The van der Waals surface area contributed by atoms with Crippen LogP contribution < -0.4 is 11.3 Å². The van der Waals surface area contributed by atoms with E-state index in [4.69, 9.17) is 5.73 Å². The van der Waals surface area contributed by atoms with Crippen molar-refractivity contribution in [2.75, 3.05) is 19.8 Å². The Kier molecular flexibility index (Phi) is 4.43. The first kappa shape index (κ1) is 18.5. The summed E-state index contributed by atoms with van der Waals surface area (Å²) in [6.45, 7) is 2.00. The summed E-state index contributed by atoms with van der Waals surface area (Å²) in [5.41, 5.74) is 10.8. The molecule has 29 heavy (non-hydrogen) atoms. The predicted octanol–water partition coefficient (Wildman–Crippen LogP) is 3.18. The lowest BCUT2D eigenvalue weighted by atomic mass is 9.97. The number of amides is 1. The maximum atomic E-state index is 12.7. The molecule has 0 aliphatic carbocycles. The number of carbonyl (C=O) groups is 1. The Hall–Kier alpha value is -3.87. The van der Waals surface area contributed by atoms with E-state index < -0.39 is 0 Å². The van der Waals surface area contributed by atoms with Gasteiger partial charge in [0.15, 0.2) is 0 Å². The van der Waals surface area contributed by atoms with Gasteiger partial charge >= 0.3 is 0 Å². The van der Waals surface area contributed by atoms with Gasteiger partial charge in [0, 0.05) is 25.2 Å². The number of fused-ring (bicyclic) bond motifs is 1. The van der Waals surface area contributed by atoms with E-state index in [2.05, 4.69) is 15.0 Å². The summed E-state index contributed by atoms with van der Waals surface area (Å²) >= 11 is 0. The van der Waals surface area contributed by atoms with Crippen molar-refractivity contribution in [1.29, 1.82) is 0 Å². The number of nitrogen functional groups attached to an aromatic ring is 1. The standard InChI is InChI=1S/C22H21N5O2/c1-12-5-4-6-15(11-12)16-17-19(25-22(23)26-20(17)28)24-18(16)13-7-9-14(10-8-13)21(29)27(2)3/h4-11H,1-3H3,(H4,23,24,25,26,28). The van der Waals surface area contributed by atoms with Crippen LogP contribution in [-0.2, 0) is 0 Å². The van der Waals surface area contributed by atoms with Gasteiger partial charge in [0.2, 0.25) is 5.95 Å². The van der Waals surface area contributed by atoms with Crippen LogP contribution in [0.2, 0.25) is 0 Å². The van der Waals surface area contributed by atoms with E-state index in [1.165, 1.54) is 4.90 Å². The lowest BCUT2D eigenvalue weighted by Gasteiger charge is -2.11. The highest BCUT2D eigenvalue weighted by atomic mass is 16.2. The highest BCUT2D eigenvalue weighted by molar-refractivity contribution is 6.02. The highest BCUT2D eigenvalue weighted by Gasteiger charge is 2.20. The second-order valence-electron chi connectivity index (χ2n) is 7.20. The number of aromatic amines is 2. The quantitative estimate of drug-likeness (QED) is 0.502. The molecule has 0 fully saturated rings. The summed E-state index contributed by atoms with van der Waals surface area (Å²) in [7, 11) is 3.43. The van der Waals surface area contributed by atoms with Crippen LogP contribution in [0.15, 0.2) is 53.3 Å². The Morgan fingerprint density at radius 2 is 1.76 bits per heavy atom. The van der Waals surface area contributed by atoms with Crippen molar-refractivity contribution in [3.05, 3.63) is 70.0 Å². The summed E-state index contributed by atoms with van der Waals surface area (Å²) in [5.74, 6) is -0.0176. The third kappa shape index (κ3) is 3.27. The number of hydrogen-bond donors (Lipinski definition) is 3. The van der Waals surface area contributed by atoms with Crippen LogP contribution in [0.5, 0.6) is 0 Å². The zero-order valence-electron chi connectivity index (χ0n) is 16.4. The number of aromatic nitrogens is 3. The van der Waals surface area contributed by atoms with Crippen LogP contribution in [0.25, 0.3) is 33.4 Å². The number of aryl methyl sites for hydroxylation is 1. The number of rotatable bonds is 3. The van der Waals surface area contributed by atoms with Crippen LogP contribution in [0.3, 0.4) is 0 Å². The molecule has 0 saturated heterocycles. The Labute approximate surface area is 167 Å². The molecule has 4 aromatic rings. The van der Waals surface area contributed by atoms with E-state index in [9.17, 15) is 9.59 Å². The molecule has 0 spiro atoms. The van der Waals surface area contributed by atoms with Gasteiger partial charge in [-0.3, -0.25) is 14.6 Å². The van der Waals surface area contributed by atoms with Gasteiger partial charge in [-0.05, 0) is 30.2 Å². The molecule has 4 rings (SSSR count). The smallest absolute Gasteiger partial charge is 0.262 e. The Bertz CT molecular complexity index is 1280. The van der Waals surface area contributed by atoms with Crippen LogP contribution in [0.4, 0.5) is 5.95 Å². The zero-order valence-corrected chi connectivity index (χ0v) is 16.4. The number of hydrogen-bond acceptors (Lipinski definition) is 4. The van der Waals surface area contributed by atoms with Gasteiger partial charge in [-0.1, -0.05) is 42.0 Å². The molecule has 2 heterocycles. The molecule has 2 aromatic carbocycles. The molecule has 1 amide bonds. The Morgan fingerprint density at radius 1 is 1.03 bits per heavy atom. The SMILES string of the molecule is Cc1cccc(-c2c(-c3ccc(C(=O)N(C)C)cc3)[nH]c3nc(N)[nH]c(=O)c23)c1. The van der Waals surface area contributed by atoms with Crippen LogP contribution >= 0.6 is 0 Å². The molecule has 2 aromatic heterocycles. The van der Waals surface area contributed by atoms with Gasteiger partial charge in [0.1, 0.15) is 5.65 Å². The molecular formula is C22H21N5O2. The monoisotopic (exact) mass is 387 g/mol. The number of benzene rings is 2. The fourth-order valence-electron chi connectivity index (χ4n) is 3.46. The third-order valence-electron chi connectivity index (χ3n) is 4.81. The molecule has 0 atom stereocenters. The van der Waals surface area contributed by atoms with Gasteiger partial charge in [-0.25, -0.2) is 0 Å². The summed E-state index contributed by atoms with van der Waals surface area (Å²) in [6, 6.07) is 15.2. The highest BCUT2D eigenvalue weighted by Crippen LogP contribution is 2.36. The van der Waals surface area contributed by atoms with E-state index >= 15 is 0 Å². The van der Waals surface area contributed by atoms with Crippen molar-refractivity contribution >= 4 is 22.9 Å². The first-order valence-electron chi connectivity index (χ1n) is 9.15. The first-order chi connectivity index (χ1) is 13.8. The van der Waals surface area contributed by atoms with Crippen molar-refractivity contribution in [3.8, 4) is 22.4 Å². The van der Waals surface area contributed by atoms with Crippen molar-refractivity contribution in [3.63, 3.8) is 0 Å². The molecule has 0 aliphatic rings. The topological polar surface area (TPSA) is 108 Å². The lowest BCUT2D eigenvalue weighted by Crippen LogP contribution is -2.21. The van der Waals surface area contributed by atoms with E-state index in [0.29, 0.717) is 16.6 Å². The molecule has 0 radical (unpaired) electrons. The summed E-state index contributed by atoms with van der Waals surface area (Å²) in [4.78, 5) is 36.5. The lowest BCUT2D eigenvalue weighted by molar-refractivity contribution is 0.0827. The third-order valence-corrected chi connectivity index (χ3v) is 4.81. The van der Waals surface area contributed by atoms with Gasteiger partial charge in [0.05, 0.1) is 11.1 Å². The van der Waals surface area contributed by atoms with Gasteiger partial charge in [-0.15, -0.1) is 0 Å². The van der Waals surface area contributed by atoms with Gasteiger partial charge in [-0.2, -0.15) is 4.98 Å². The molecule has 7 nitrogen and oxygen atoms in total. The van der Waals surface area contributed by atoms with Crippen molar-refractivity contribution < 1.29 is 4.79 Å². The number of carbonyl (C=O) groups excluding carboxylic acids is 1. The van der Waals surface area contributed by atoms with Gasteiger partial charge < -0.3 is 15.6 Å². The summed E-state index contributed by atoms with van der Waals surface area (Å²) in [6.07, 6.45) is 0. The molecule has 0 aliphatic heterocycles. The predicted molar refractivity (Wildman–Crippen MR) is 115 cm³/mol. The fraction of sp³-hybridized carbons (Fsp3) is 0.136. The molecule has 7 heteroatoms. The minimum absolute atomic E-state index is 0.0537. The molecule has 4 N–H and O–H groups in total. The average Bonchev–Trinajstić information content (AvgIpc) is 3.07. The minimum atomic E-state index is -0.300. The maximum Gasteiger partial charge on any atom is 0.262 e. The van der Waals surface area contributed by atoms with Crippen LogP contribution in [0.1, 0.15) is 15.9 Å². The van der Waals surface area contributed by atoms with Crippen molar-refractivity contribution in [2.45, 2.75) is 6.92 Å². The van der Waals surface area contributed by atoms with Crippen molar-refractivity contribution in [1.82, 2.24) is 19.9 Å². The average molecular weight is 387 g/mol. The maximum absolute atomic E-state index is 12.7. The van der Waals surface area contributed by atoms with Gasteiger partial charge in [0.25, 0.3) is 11.5 Å². The van der Waals surface area contributed by atoms with Crippen LogP contribution in [-0.4, -0.2) is 39.9 Å². The van der Waals surface area contributed by atoms with E-state index in [-0.39, 0.29) is 17.4 Å². The Balaban J connectivity index is 1.97. The number of nitrogens with one attached hydrogen (secondary N) is 2. The van der Waals surface area contributed by atoms with Crippen LogP contribution in [0, 0.1) is 6.92 Å². The molecule has 0 saturated carbocycles. The van der Waals surface area contributed by atoms with E-state index in [0.717, 1.165) is 27.9 Å². The molecule has 0 unspecified atom stereocenters.